The van der Waals surface area contributed by atoms with Crippen LogP contribution >= 0.6 is 23.4 Å². The molecule has 3 rings (SSSR count). The van der Waals surface area contributed by atoms with Crippen molar-refractivity contribution in [2.75, 3.05) is 5.75 Å². The molecule has 2 aromatic carbocycles. The molecule has 0 bridgehead atoms. The molecule has 24 heavy (non-hydrogen) atoms. The molecule has 1 heterocycles. The van der Waals surface area contributed by atoms with Gasteiger partial charge in [0.05, 0.1) is 5.75 Å². The molecule has 7 heteroatoms. The summed E-state index contributed by atoms with van der Waals surface area (Å²) in [6.07, 6.45) is 0. The molecule has 0 fully saturated rings. The Morgan fingerprint density at radius 1 is 1.08 bits per heavy atom. The lowest BCUT2D eigenvalue weighted by molar-refractivity contribution is -0.118. The quantitative estimate of drug-likeness (QED) is 0.678. The molecule has 0 saturated carbocycles. The van der Waals surface area contributed by atoms with E-state index in [0.29, 0.717) is 22.7 Å². The number of nitrogens with zero attached hydrogens (tertiary/aromatic N) is 2. The van der Waals surface area contributed by atoms with Gasteiger partial charge < -0.3 is 9.73 Å². The average Bonchev–Trinajstić information content (AvgIpc) is 3.09. The molecule has 0 saturated heterocycles. The van der Waals surface area contributed by atoms with Crippen molar-refractivity contribution in [3.8, 4) is 11.5 Å². The lowest BCUT2D eigenvalue weighted by atomic mass is 10.2. The van der Waals surface area contributed by atoms with Crippen molar-refractivity contribution in [1.82, 2.24) is 15.5 Å². The third-order valence-corrected chi connectivity index (χ3v) is 4.23. The second-order valence-corrected chi connectivity index (χ2v) is 6.29. The van der Waals surface area contributed by atoms with E-state index in [4.69, 9.17) is 16.0 Å². The normalized spacial score (nSPS) is 10.5. The average molecular weight is 360 g/mol. The third kappa shape index (κ3) is 4.59. The van der Waals surface area contributed by atoms with Crippen LogP contribution in [0.25, 0.3) is 11.5 Å². The highest BCUT2D eigenvalue weighted by molar-refractivity contribution is 7.99. The van der Waals surface area contributed by atoms with Crippen LogP contribution < -0.4 is 5.32 Å². The van der Waals surface area contributed by atoms with Crippen LogP contribution in [0.4, 0.5) is 0 Å². The Labute approximate surface area is 148 Å². The number of carbonyl (C=O) groups excluding carboxylic acids is 1. The third-order valence-electron chi connectivity index (χ3n) is 3.16. The summed E-state index contributed by atoms with van der Waals surface area (Å²) in [6, 6.07) is 16.8. The number of benzene rings is 2. The van der Waals surface area contributed by atoms with Gasteiger partial charge in [0.1, 0.15) is 0 Å². The van der Waals surface area contributed by atoms with Crippen molar-refractivity contribution in [3.63, 3.8) is 0 Å². The number of aromatic nitrogens is 2. The first-order chi connectivity index (χ1) is 11.7. The van der Waals surface area contributed by atoms with Gasteiger partial charge in [-0.1, -0.05) is 53.7 Å². The molecule has 3 aromatic rings. The molecule has 1 N–H and O–H groups in total. The van der Waals surface area contributed by atoms with E-state index >= 15 is 0 Å². The van der Waals surface area contributed by atoms with E-state index in [-0.39, 0.29) is 11.7 Å². The fraction of sp³-hybridized carbons (Fsp3) is 0.118. The van der Waals surface area contributed by atoms with Gasteiger partial charge in [0.2, 0.25) is 11.8 Å². The van der Waals surface area contributed by atoms with Crippen molar-refractivity contribution in [1.29, 1.82) is 0 Å². The number of nitrogens with one attached hydrogen (secondary N) is 1. The second kappa shape index (κ2) is 7.99. The number of hydrogen-bond acceptors (Lipinski definition) is 5. The Hall–Kier alpha value is -2.31. The van der Waals surface area contributed by atoms with Crippen LogP contribution in [0, 0.1) is 0 Å². The number of carbonyl (C=O) groups is 1. The Morgan fingerprint density at radius 2 is 1.83 bits per heavy atom. The topological polar surface area (TPSA) is 68.0 Å². The molecule has 0 atom stereocenters. The predicted octanol–water partition coefficient (Wildman–Crippen LogP) is 3.80. The highest BCUT2D eigenvalue weighted by atomic mass is 35.5. The van der Waals surface area contributed by atoms with E-state index in [9.17, 15) is 4.79 Å². The number of rotatable bonds is 6. The molecule has 0 unspecified atom stereocenters. The number of amides is 1. The summed E-state index contributed by atoms with van der Waals surface area (Å²) in [7, 11) is 0. The number of thioether (sulfide) groups is 1. The van der Waals surface area contributed by atoms with Crippen molar-refractivity contribution in [2.24, 2.45) is 0 Å². The van der Waals surface area contributed by atoms with Crippen LogP contribution in [-0.4, -0.2) is 21.9 Å². The summed E-state index contributed by atoms with van der Waals surface area (Å²) in [4.78, 5) is 11.9. The second-order valence-electron chi connectivity index (χ2n) is 4.93. The van der Waals surface area contributed by atoms with Gasteiger partial charge in [0.25, 0.3) is 5.22 Å². The fourth-order valence-electron chi connectivity index (χ4n) is 1.95. The first-order valence-corrected chi connectivity index (χ1v) is 8.60. The Kier molecular flexibility index (Phi) is 5.51. The molecule has 0 radical (unpaired) electrons. The van der Waals surface area contributed by atoms with Crippen molar-refractivity contribution in [3.05, 3.63) is 65.2 Å². The van der Waals surface area contributed by atoms with Gasteiger partial charge >= 0.3 is 0 Å². The highest BCUT2D eigenvalue weighted by Crippen LogP contribution is 2.22. The monoisotopic (exact) mass is 359 g/mol. The minimum atomic E-state index is -0.102. The van der Waals surface area contributed by atoms with Crippen molar-refractivity contribution in [2.45, 2.75) is 11.8 Å². The molecular formula is C17H14ClN3O2S. The summed E-state index contributed by atoms with van der Waals surface area (Å²) in [5.74, 6) is 0.554. The van der Waals surface area contributed by atoms with E-state index < -0.39 is 0 Å². The molecule has 0 spiro atoms. The van der Waals surface area contributed by atoms with Crippen LogP contribution in [0.2, 0.25) is 5.02 Å². The smallest absolute Gasteiger partial charge is 0.277 e. The van der Waals surface area contributed by atoms with Gasteiger partial charge in [0, 0.05) is 17.1 Å². The Bertz CT molecular complexity index is 806. The minimum Gasteiger partial charge on any atom is -0.411 e. The highest BCUT2D eigenvalue weighted by Gasteiger charge is 2.10. The fourth-order valence-corrected chi connectivity index (χ4v) is 2.67. The molecule has 0 aliphatic carbocycles. The van der Waals surface area contributed by atoms with Gasteiger partial charge in [-0.15, -0.1) is 10.2 Å². The van der Waals surface area contributed by atoms with Crippen LogP contribution in [0.5, 0.6) is 0 Å². The maximum Gasteiger partial charge on any atom is 0.277 e. The Balaban J connectivity index is 1.48. The molecule has 122 valence electrons. The molecule has 0 aliphatic heterocycles. The lowest BCUT2D eigenvalue weighted by Gasteiger charge is -2.04. The van der Waals surface area contributed by atoms with Crippen LogP contribution in [0.3, 0.4) is 0 Å². The summed E-state index contributed by atoms with van der Waals surface area (Å²) in [5, 5.41) is 11.8. The molecule has 0 aliphatic rings. The van der Waals surface area contributed by atoms with Crippen LogP contribution in [0.1, 0.15) is 5.56 Å². The van der Waals surface area contributed by atoms with Crippen molar-refractivity contribution >= 4 is 29.3 Å². The number of halogens is 1. The van der Waals surface area contributed by atoms with Gasteiger partial charge in [-0.3, -0.25) is 4.79 Å². The largest absolute Gasteiger partial charge is 0.411 e. The summed E-state index contributed by atoms with van der Waals surface area (Å²) >= 11 is 7.03. The Morgan fingerprint density at radius 3 is 2.58 bits per heavy atom. The van der Waals surface area contributed by atoms with E-state index in [0.717, 1.165) is 11.1 Å². The number of hydrogen-bond donors (Lipinski definition) is 1. The molecule has 1 amide bonds. The van der Waals surface area contributed by atoms with E-state index in [2.05, 4.69) is 15.5 Å². The lowest BCUT2D eigenvalue weighted by Crippen LogP contribution is -2.24. The summed E-state index contributed by atoms with van der Waals surface area (Å²) < 4.78 is 5.54. The van der Waals surface area contributed by atoms with Gasteiger partial charge in [-0.2, -0.15) is 0 Å². The minimum absolute atomic E-state index is 0.102. The molecule has 5 nitrogen and oxygen atoms in total. The van der Waals surface area contributed by atoms with Crippen molar-refractivity contribution < 1.29 is 9.21 Å². The van der Waals surface area contributed by atoms with Crippen LogP contribution in [0.15, 0.2) is 64.2 Å². The first kappa shape index (κ1) is 16.5. The SMILES string of the molecule is O=C(CSc1nnc(-c2ccccc2)o1)NCc1ccc(Cl)cc1. The molecule has 1 aromatic heterocycles. The van der Waals surface area contributed by atoms with E-state index in [1.54, 1.807) is 12.1 Å². The van der Waals surface area contributed by atoms with Gasteiger partial charge in [0.15, 0.2) is 0 Å². The first-order valence-electron chi connectivity index (χ1n) is 7.23. The zero-order chi connectivity index (χ0) is 16.8. The maximum atomic E-state index is 11.9. The maximum absolute atomic E-state index is 11.9. The summed E-state index contributed by atoms with van der Waals surface area (Å²) in [6.45, 7) is 0.454. The predicted molar refractivity (Wildman–Crippen MR) is 93.8 cm³/mol. The van der Waals surface area contributed by atoms with E-state index in [1.807, 2.05) is 42.5 Å². The van der Waals surface area contributed by atoms with Crippen LogP contribution in [-0.2, 0) is 11.3 Å². The van der Waals surface area contributed by atoms with Gasteiger partial charge in [-0.25, -0.2) is 0 Å². The van der Waals surface area contributed by atoms with E-state index in [1.165, 1.54) is 11.8 Å². The molecular weight excluding hydrogens is 346 g/mol. The summed E-state index contributed by atoms with van der Waals surface area (Å²) in [5.41, 5.74) is 1.84. The van der Waals surface area contributed by atoms with Gasteiger partial charge in [-0.05, 0) is 29.8 Å². The zero-order valence-electron chi connectivity index (χ0n) is 12.6. The standard InChI is InChI=1S/C17H14ClN3O2S/c18-14-8-6-12(7-9-14)10-19-15(22)11-24-17-21-20-16(23-17)13-4-2-1-3-5-13/h1-9H,10-11H2,(H,19,22). The zero-order valence-corrected chi connectivity index (χ0v) is 14.2.